The zero-order valence-electron chi connectivity index (χ0n) is 17.2. The van der Waals surface area contributed by atoms with Crippen LogP contribution in [0.5, 0.6) is 5.75 Å². The van der Waals surface area contributed by atoms with Gasteiger partial charge in [-0.3, -0.25) is 9.10 Å². The average Bonchev–Trinajstić information content (AvgIpc) is 2.77. The van der Waals surface area contributed by atoms with Crippen LogP contribution in [0.3, 0.4) is 0 Å². The van der Waals surface area contributed by atoms with Gasteiger partial charge in [0.2, 0.25) is 10.0 Å². The fourth-order valence-corrected chi connectivity index (χ4v) is 5.24. The lowest BCUT2D eigenvalue weighted by atomic mass is 9.74. The number of benzene rings is 2. The van der Waals surface area contributed by atoms with Gasteiger partial charge in [-0.05, 0) is 36.6 Å². The van der Waals surface area contributed by atoms with Crippen LogP contribution in [0.4, 0.5) is 5.69 Å². The first-order valence-corrected chi connectivity index (χ1v) is 12.4. The van der Waals surface area contributed by atoms with E-state index in [-0.39, 0.29) is 17.9 Å². The Kier molecular flexibility index (Phi) is 6.14. The zero-order chi connectivity index (χ0) is 22.1. The molecular formula is C22H25ClN2O5S. The molecule has 0 aliphatic carbocycles. The van der Waals surface area contributed by atoms with Crippen LogP contribution < -0.4 is 14.4 Å². The molecule has 2 aliphatic rings. The summed E-state index contributed by atoms with van der Waals surface area (Å²) in [6, 6.07) is 14.8. The van der Waals surface area contributed by atoms with Gasteiger partial charge in [0, 0.05) is 30.2 Å². The quantitative estimate of drug-likeness (QED) is 0.735. The first-order valence-electron chi connectivity index (χ1n) is 10.1. The van der Waals surface area contributed by atoms with E-state index in [0.717, 1.165) is 24.7 Å². The molecule has 31 heavy (non-hydrogen) atoms. The van der Waals surface area contributed by atoms with Gasteiger partial charge in [-0.25, -0.2) is 8.42 Å². The highest BCUT2D eigenvalue weighted by molar-refractivity contribution is 7.92. The standard InChI is InChI=1S/C22H25ClN2O5S/c1-31(27,28)25-14-20(30-19-8-7-17(23)13-18(19)25)21(26)24-15-22(9-11-29-12-10-22)16-5-3-2-4-6-16/h2-8,13,20H,9-12,14-15H2,1H3,(H,24,26)/t20-/m0/s1. The highest BCUT2D eigenvalue weighted by Crippen LogP contribution is 2.37. The van der Waals surface area contributed by atoms with Gasteiger partial charge in [-0.2, -0.15) is 0 Å². The number of hydrogen-bond acceptors (Lipinski definition) is 5. The number of fused-ring (bicyclic) bond motifs is 1. The van der Waals surface area contributed by atoms with Crippen molar-refractivity contribution in [1.29, 1.82) is 0 Å². The lowest BCUT2D eigenvalue weighted by Gasteiger charge is -2.39. The van der Waals surface area contributed by atoms with Gasteiger partial charge in [-0.1, -0.05) is 41.9 Å². The maximum absolute atomic E-state index is 13.0. The van der Waals surface area contributed by atoms with Gasteiger partial charge in [0.25, 0.3) is 5.91 Å². The Morgan fingerprint density at radius 1 is 1.19 bits per heavy atom. The average molecular weight is 465 g/mol. The van der Waals surface area contributed by atoms with E-state index < -0.39 is 16.1 Å². The molecule has 0 bridgehead atoms. The molecule has 1 amide bonds. The number of nitrogens with one attached hydrogen (secondary N) is 1. The summed E-state index contributed by atoms with van der Waals surface area (Å²) >= 11 is 6.03. The van der Waals surface area contributed by atoms with E-state index in [1.54, 1.807) is 12.1 Å². The number of nitrogens with zero attached hydrogens (tertiary/aromatic N) is 1. The van der Waals surface area contributed by atoms with Crippen LogP contribution in [0.1, 0.15) is 18.4 Å². The SMILES string of the molecule is CS(=O)(=O)N1C[C@@H](C(=O)NCC2(c3ccccc3)CCOCC2)Oc2ccc(Cl)cc21. The number of carbonyl (C=O) groups excluding carboxylic acids is 1. The van der Waals surface area contributed by atoms with E-state index in [1.807, 2.05) is 18.2 Å². The first-order chi connectivity index (χ1) is 14.8. The largest absolute Gasteiger partial charge is 0.476 e. The lowest BCUT2D eigenvalue weighted by molar-refractivity contribution is -0.128. The van der Waals surface area contributed by atoms with E-state index in [4.69, 9.17) is 21.1 Å². The molecule has 2 aromatic carbocycles. The minimum Gasteiger partial charge on any atom is -0.476 e. The second-order valence-corrected chi connectivity index (χ2v) is 10.3. The van der Waals surface area contributed by atoms with E-state index >= 15 is 0 Å². The molecular weight excluding hydrogens is 440 g/mol. The number of hydrogen-bond donors (Lipinski definition) is 1. The number of ether oxygens (including phenoxy) is 2. The van der Waals surface area contributed by atoms with Crippen molar-refractivity contribution in [2.75, 3.05) is 36.9 Å². The molecule has 9 heteroatoms. The molecule has 0 spiro atoms. The highest BCUT2D eigenvalue weighted by Gasteiger charge is 2.38. The molecule has 4 rings (SSSR count). The van der Waals surface area contributed by atoms with Crippen molar-refractivity contribution in [1.82, 2.24) is 5.32 Å². The van der Waals surface area contributed by atoms with E-state index in [0.29, 0.717) is 36.2 Å². The predicted molar refractivity (Wildman–Crippen MR) is 119 cm³/mol. The first kappa shape index (κ1) is 21.9. The molecule has 0 unspecified atom stereocenters. The van der Waals surface area contributed by atoms with Crippen molar-refractivity contribution in [3.05, 3.63) is 59.1 Å². The Morgan fingerprint density at radius 2 is 1.90 bits per heavy atom. The van der Waals surface area contributed by atoms with Crippen molar-refractivity contribution < 1.29 is 22.7 Å². The van der Waals surface area contributed by atoms with Gasteiger partial charge >= 0.3 is 0 Å². The van der Waals surface area contributed by atoms with Crippen molar-refractivity contribution >= 4 is 33.2 Å². The highest BCUT2D eigenvalue weighted by atomic mass is 35.5. The summed E-state index contributed by atoms with van der Waals surface area (Å²) < 4.78 is 37.3. The number of sulfonamides is 1. The van der Waals surface area contributed by atoms with Crippen LogP contribution in [0.2, 0.25) is 5.02 Å². The summed E-state index contributed by atoms with van der Waals surface area (Å²) in [6.45, 7) is 1.56. The van der Waals surface area contributed by atoms with Crippen LogP contribution in [0, 0.1) is 0 Å². The monoisotopic (exact) mass is 464 g/mol. The molecule has 2 heterocycles. The normalized spacial score (nSPS) is 20.5. The zero-order valence-corrected chi connectivity index (χ0v) is 18.8. The molecule has 2 aromatic rings. The van der Waals surface area contributed by atoms with Crippen molar-refractivity contribution in [3.63, 3.8) is 0 Å². The third-order valence-electron chi connectivity index (χ3n) is 5.92. The predicted octanol–water partition coefficient (Wildman–Crippen LogP) is 2.73. The van der Waals surface area contributed by atoms with Crippen LogP contribution in [0.15, 0.2) is 48.5 Å². The van der Waals surface area contributed by atoms with E-state index in [1.165, 1.54) is 10.4 Å². The van der Waals surface area contributed by atoms with Gasteiger partial charge in [0.05, 0.1) is 18.5 Å². The van der Waals surface area contributed by atoms with Crippen LogP contribution in [0.25, 0.3) is 0 Å². The molecule has 1 N–H and O–H groups in total. The maximum Gasteiger partial charge on any atom is 0.263 e. The summed E-state index contributed by atoms with van der Waals surface area (Å²) in [5, 5.41) is 3.40. The number of halogens is 1. The van der Waals surface area contributed by atoms with Crippen molar-refractivity contribution in [2.24, 2.45) is 0 Å². The smallest absolute Gasteiger partial charge is 0.263 e. The third kappa shape index (κ3) is 4.66. The van der Waals surface area contributed by atoms with Crippen LogP contribution >= 0.6 is 11.6 Å². The number of amides is 1. The van der Waals surface area contributed by atoms with Gasteiger partial charge in [-0.15, -0.1) is 0 Å². The minimum absolute atomic E-state index is 0.112. The molecule has 1 fully saturated rings. The Bertz CT molecular complexity index is 1050. The molecule has 0 saturated carbocycles. The summed E-state index contributed by atoms with van der Waals surface area (Å²) in [5.74, 6) is -0.0406. The Labute approximate surface area is 187 Å². The van der Waals surface area contributed by atoms with Gasteiger partial charge < -0.3 is 14.8 Å². The number of rotatable bonds is 5. The number of carbonyl (C=O) groups is 1. The lowest BCUT2D eigenvalue weighted by Crippen LogP contribution is -2.53. The molecule has 7 nitrogen and oxygen atoms in total. The maximum atomic E-state index is 13.0. The van der Waals surface area contributed by atoms with Crippen LogP contribution in [-0.2, 0) is 25.0 Å². The number of anilines is 1. The topological polar surface area (TPSA) is 84.9 Å². The Hall–Kier alpha value is -2.29. The second-order valence-electron chi connectivity index (χ2n) is 7.99. The molecule has 0 aromatic heterocycles. The Balaban J connectivity index is 1.53. The van der Waals surface area contributed by atoms with Crippen molar-refractivity contribution in [2.45, 2.75) is 24.4 Å². The van der Waals surface area contributed by atoms with Crippen LogP contribution in [-0.4, -0.2) is 53.0 Å². The molecule has 1 saturated heterocycles. The van der Waals surface area contributed by atoms with Gasteiger partial charge in [0.15, 0.2) is 6.10 Å². The second kappa shape index (κ2) is 8.68. The minimum atomic E-state index is -3.61. The Morgan fingerprint density at radius 3 is 2.58 bits per heavy atom. The summed E-state index contributed by atoms with van der Waals surface area (Å²) in [7, 11) is -3.61. The van der Waals surface area contributed by atoms with E-state index in [9.17, 15) is 13.2 Å². The van der Waals surface area contributed by atoms with Crippen molar-refractivity contribution in [3.8, 4) is 5.75 Å². The summed E-state index contributed by atoms with van der Waals surface area (Å²) in [5.41, 5.74) is 1.26. The summed E-state index contributed by atoms with van der Waals surface area (Å²) in [6.07, 6.45) is 1.72. The third-order valence-corrected chi connectivity index (χ3v) is 7.30. The summed E-state index contributed by atoms with van der Waals surface area (Å²) in [4.78, 5) is 13.0. The molecule has 1 atom stereocenters. The molecule has 2 aliphatic heterocycles. The van der Waals surface area contributed by atoms with E-state index in [2.05, 4.69) is 17.4 Å². The fourth-order valence-electron chi connectivity index (χ4n) is 4.17. The molecule has 0 radical (unpaired) electrons. The molecule has 166 valence electrons. The fraction of sp³-hybridized carbons (Fsp3) is 0.409. The van der Waals surface area contributed by atoms with Gasteiger partial charge in [0.1, 0.15) is 5.75 Å².